The standard InChI is InChI=1S/C30H38N8O6S/c1-22-9-11-26(38-21-32-34-35-38)24(18-22)19-31-29(40)27-8-5-13-37(27)30(41)25(10-12-28(39)36-14-16-44-17-15-36)33-45(42,43)20-23-6-3-2-4-7-23/h2-4,6-7,9,11,18,21,25,27,33H,5,8,10,12-17,19-20H2,1H3,(H,31,40)/t25?,27-/m0/s1. The first-order valence-corrected chi connectivity index (χ1v) is 16.7. The summed E-state index contributed by atoms with van der Waals surface area (Å²) in [5.41, 5.74) is 3.06. The van der Waals surface area contributed by atoms with Crippen LogP contribution in [0.4, 0.5) is 0 Å². The number of ether oxygens (including phenoxy) is 1. The number of aryl methyl sites for hydroxylation is 1. The minimum absolute atomic E-state index is 0.0256. The van der Waals surface area contributed by atoms with Crippen molar-refractivity contribution in [1.29, 1.82) is 0 Å². The number of rotatable bonds is 12. The minimum Gasteiger partial charge on any atom is -0.378 e. The number of benzene rings is 2. The van der Waals surface area contributed by atoms with Crippen molar-refractivity contribution in [3.63, 3.8) is 0 Å². The zero-order valence-electron chi connectivity index (χ0n) is 25.2. The fourth-order valence-electron chi connectivity index (χ4n) is 5.68. The number of morpholine rings is 1. The third kappa shape index (κ3) is 8.49. The number of carbonyl (C=O) groups is 3. The van der Waals surface area contributed by atoms with Gasteiger partial charge >= 0.3 is 0 Å². The number of likely N-dealkylation sites (tertiary alicyclic amines) is 1. The molecule has 2 atom stereocenters. The van der Waals surface area contributed by atoms with E-state index in [0.29, 0.717) is 56.9 Å². The van der Waals surface area contributed by atoms with Crippen molar-refractivity contribution in [2.75, 3.05) is 32.8 Å². The van der Waals surface area contributed by atoms with Gasteiger partial charge in [0.25, 0.3) is 0 Å². The van der Waals surface area contributed by atoms with Gasteiger partial charge in [0.2, 0.25) is 27.7 Å². The number of amides is 3. The smallest absolute Gasteiger partial charge is 0.243 e. The van der Waals surface area contributed by atoms with Crippen molar-refractivity contribution in [3.05, 3.63) is 71.5 Å². The summed E-state index contributed by atoms with van der Waals surface area (Å²) in [4.78, 5) is 43.4. The van der Waals surface area contributed by atoms with Crippen molar-refractivity contribution in [3.8, 4) is 5.69 Å². The molecular formula is C30H38N8O6S. The van der Waals surface area contributed by atoms with Crippen LogP contribution in [0.3, 0.4) is 0 Å². The summed E-state index contributed by atoms with van der Waals surface area (Å²) in [5, 5.41) is 14.3. The van der Waals surface area contributed by atoms with Gasteiger partial charge in [0, 0.05) is 32.6 Å². The molecule has 5 rings (SSSR count). The maximum absolute atomic E-state index is 14.0. The topological polar surface area (TPSA) is 169 Å². The molecule has 0 saturated carbocycles. The molecule has 45 heavy (non-hydrogen) atoms. The Bertz CT molecular complexity index is 1580. The summed E-state index contributed by atoms with van der Waals surface area (Å²) in [6, 6.07) is 12.4. The second-order valence-corrected chi connectivity index (χ2v) is 13.0. The fraction of sp³-hybridized carbons (Fsp3) is 0.467. The van der Waals surface area contributed by atoms with Crippen LogP contribution in [0.25, 0.3) is 5.69 Å². The van der Waals surface area contributed by atoms with Gasteiger partial charge in [0.1, 0.15) is 18.4 Å². The Morgan fingerprint density at radius 1 is 1.07 bits per heavy atom. The highest BCUT2D eigenvalue weighted by Gasteiger charge is 2.38. The van der Waals surface area contributed by atoms with Gasteiger partial charge < -0.3 is 19.9 Å². The number of hydrogen-bond acceptors (Lipinski definition) is 9. The fourth-order valence-corrected chi connectivity index (χ4v) is 7.04. The SMILES string of the molecule is Cc1ccc(-n2cnnn2)c(CNC(=O)[C@@H]2CCCN2C(=O)C(CCC(=O)N2CCOCC2)NS(=O)(=O)Cc2ccccc2)c1. The van der Waals surface area contributed by atoms with Crippen molar-refractivity contribution in [2.24, 2.45) is 0 Å². The molecule has 1 unspecified atom stereocenters. The van der Waals surface area contributed by atoms with Crippen LogP contribution < -0.4 is 10.0 Å². The molecule has 2 aliphatic heterocycles. The molecule has 2 aliphatic rings. The lowest BCUT2D eigenvalue weighted by atomic mass is 10.1. The van der Waals surface area contributed by atoms with Crippen molar-refractivity contribution < 1.29 is 27.5 Å². The van der Waals surface area contributed by atoms with Crippen LogP contribution in [-0.4, -0.2) is 101 Å². The Kier molecular flexibility index (Phi) is 10.5. The first-order valence-electron chi connectivity index (χ1n) is 15.0. The second kappa shape index (κ2) is 14.7. The zero-order valence-corrected chi connectivity index (χ0v) is 26.0. The van der Waals surface area contributed by atoms with Gasteiger partial charge in [-0.15, -0.1) is 5.10 Å². The predicted octanol–water partition coefficient (Wildman–Crippen LogP) is 0.705. The van der Waals surface area contributed by atoms with E-state index in [2.05, 4.69) is 25.6 Å². The van der Waals surface area contributed by atoms with Crippen LogP contribution in [0, 0.1) is 6.92 Å². The number of hydrogen-bond donors (Lipinski definition) is 2. The van der Waals surface area contributed by atoms with Crippen LogP contribution in [0.2, 0.25) is 0 Å². The summed E-state index contributed by atoms with van der Waals surface area (Å²) in [7, 11) is -3.96. The molecule has 2 N–H and O–H groups in total. The Morgan fingerprint density at radius 3 is 2.58 bits per heavy atom. The number of carbonyl (C=O) groups excluding carboxylic acids is 3. The number of aromatic nitrogens is 4. The van der Waals surface area contributed by atoms with E-state index in [4.69, 9.17) is 4.74 Å². The summed E-state index contributed by atoms with van der Waals surface area (Å²) in [6.45, 7) is 4.17. The molecule has 15 heteroatoms. The van der Waals surface area contributed by atoms with E-state index in [1.165, 1.54) is 15.9 Å². The Labute approximate surface area is 262 Å². The molecule has 240 valence electrons. The highest BCUT2D eigenvalue weighted by Crippen LogP contribution is 2.22. The van der Waals surface area contributed by atoms with Gasteiger partial charge in [-0.25, -0.2) is 17.8 Å². The number of nitrogens with one attached hydrogen (secondary N) is 2. The van der Waals surface area contributed by atoms with E-state index in [1.807, 2.05) is 25.1 Å². The molecule has 0 spiro atoms. The van der Waals surface area contributed by atoms with Crippen molar-refractivity contribution >= 4 is 27.7 Å². The molecule has 3 amide bonds. The Morgan fingerprint density at radius 2 is 1.84 bits per heavy atom. The predicted molar refractivity (Wildman–Crippen MR) is 163 cm³/mol. The van der Waals surface area contributed by atoms with E-state index in [-0.39, 0.29) is 37.0 Å². The molecule has 0 aliphatic carbocycles. The summed E-state index contributed by atoms with van der Waals surface area (Å²) in [5.74, 6) is -1.37. The lowest BCUT2D eigenvalue weighted by molar-refractivity contribution is -0.140. The minimum atomic E-state index is -3.96. The van der Waals surface area contributed by atoms with E-state index in [0.717, 1.165) is 11.1 Å². The normalized spacial score (nSPS) is 17.7. The molecule has 2 saturated heterocycles. The van der Waals surface area contributed by atoms with Gasteiger partial charge in [0.15, 0.2) is 0 Å². The van der Waals surface area contributed by atoms with Gasteiger partial charge in [0.05, 0.1) is 24.7 Å². The lowest BCUT2D eigenvalue weighted by Gasteiger charge is -2.30. The number of nitrogens with zero attached hydrogens (tertiary/aromatic N) is 6. The summed E-state index contributed by atoms with van der Waals surface area (Å²) >= 11 is 0. The molecule has 3 heterocycles. The van der Waals surface area contributed by atoms with E-state index in [9.17, 15) is 22.8 Å². The van der Waals surface area contributed by atoms with Crippen molar-refractivity contribution in [2.45, 2.75) is 57.0 Å². The Hall–Kier alpha value is -4.21. The number of tetrazole rings is 1. The van der Waals surface area contributed by atoms with Gasteiger partial charge in [-0.3, -0.25) is 14.4 Å². The highest BCUT2D eigenvalue weighted by molar-refractivity contribution is 7.88. The van der Waals surface area contributed by atoms with Crippen LogP contribution in [0.15, 0.2) is 54.9 Å². The average Bonchev–Trinajstić information content (AvgIpc) is 3.75. The zero-order chi connectivity index (χ0) is 31.8. The molecule has 2 fully saturated rings. The monoisotopic (exact) mass is 638 g/mol. The third-order valence-corrected chi connectivity index (χ3v) is 9.31. The van der Waals surface area contributed by atoms with Crippen LogP contribution in [0.1, 0.15) is 42.4 Å². The summed E-state index contributed by atoms with van der Waals surface area (Å²) < 4.78 is 35.8. The molecule has 14 nitrogen and oxygen atoms in total. The largest absolute Gasteiger partial charge is 0.378 e. The quantitative estimate of drug-likeness (QED) is 0.290. The van der Waals surface area contributed by atoms with E-state index in [1.54, 1.807) is 35.2 Å². The third-order valence-electron chi connectivity index (χ3n) is 7.95. The van der Waals surface area contributed by atoms with Crippen LogP contribution in [0.5, 0.6) is 0 Å². The maximum atomic E-state index is 14.0. The maximum Gasteiger partial charge on any atom is 0.243 e. The molecule has 3 aromatic rings. The highest BCUT2D eigenvalue weighted by atomic mass is 32.2. The first-order chi connectivity index (χ1) is 21.7. The molecule has 0 bridgehead atoms. The molecular weight excluding hydrogens is 600 g/mol. The van der Waals surface area contributed by atoms with Gasteiger partial charge in [-0.05, 0) is 53.8 Å². The molecule has 0 radical (unpaired) electrons. The van der Waals surface area contributed by atoms with Crippen molar-refractivity contribution in [1.82, 2.24) is 40.0 Å². The van der Waals surface area contributed by atoms with Gasteiger partial charge in [-0.2, -0.15) is 0 Å². The molecule has 2 aromatic carbocycles. The molecule has 1 aromatic heterocycles. The summed E-state index contributed by atoms with van der Waals surface area (Å²) in [6.07, 6.45) is 2.42. The van der Waals surface area contributed by atoms with Crippen LogP contribution in [-0.2, 0) is 41.4 Å². The van der Waals surface area contributed by atoms with Gasteiger partial charge in [-0.1, -0.05) is 48.0 Å². The first kappa shape index (κ1) is 32.2. The number of sulfonamides is 1. The van der Waals surface area contributed by atoms with Crippen LogP contribution >= 0.6 is 0 Å². The second-order valence-electron chi connectivity index (χ2n) is 11.2. The van der Waals surface area contributed by atoms with E-state index >= 15 is 0 Å². The average molecular weight is 639 g/mol. The van der Waals surface area contributed by atoms with E-state index < -0.39 is 28.0 Å². The lowest BCUT2D eigenvalue weighted by Crippen LogP contribution is -2.53. The Balaban J connectivity index is 1.29.